The highest BCUT2D eigenvalue weighted by Crippen LogP contribution is 2.24. The second-order valence-corrected chi connectivity index (χ2v) is 8.83. The number of nitrogens with zero attached hydrogens (tertiary/aromatic N) is 2. The molecule has 5 nitrogen and oxygen atoms in total. The van der Waals surface area contributed by atoms with E-state index in [0.717, 1.165) is 24.2 Å². The fraction of sp³-hybridized carbons (Fsp3) is 0.462. The van der Waals surface area contributed by atoms with E-state index in [2.05, 4.69) is 53.4 Å². The van der Waals surface area contributed by atoms with Gasteiger partial charge in [-0.3, -0.25) is 9.69 Å². The van der Waals surface area contributed by atoms with E-state index in [1.807, 2.05) is 6.92 Å². The summed E-state index contributed by atoms with van der Waals surface area (Å²) in [5, 5.41) is 13.4. The van der Waals surface area contributed by atoms with Gasteiger partial charge in [0.2, 0.25) is 0 Å². The molecule has 1 heterocycles. The van der Waals surface area contributed by atoms with Crippen LogP contribution in [0.2, 0.25) is 0 Å². The summed E-state index contributed by atoms with van der Waals surface area (Å²) >= 11 is 0. The molecule has 0 radical (unpaired) electrons. The van der Waals surface area contributed by atoms with Gasteiger partial charge in [-0.05, 0) is 78.5 Å². The maximum absolute atomic E-state index is 11.0. The van der Waals surface area contributed by atoms with Crippen molar-refractivity contribution >= 4 is 11.7 Å². The number of rotatable bonds is 8. The van der Waals surface area contributed by atoms with Crippen LogP contribution in [-0.2, 0) is 42.0 Å². The van der Waals surface area contributed by atoms with Crippen LogP contribution in [0.5, 0.6) is 0 Å². The second kappa shape index (κ2) is 9.65. The fourth-order valence-electron chi connectivity index (χ4n) is 4.56. The van der Waals surface area contributed by atoms with Crippen LogP contribution >= 0.6 is 0 Å². The van der Waals surface area contributed by atoms with Gasteiger partial charge in [0.05, 0.1) is 11.6 Å². The van der Waals surface area contributed by atoms with Crippen LogP contribution in [0.1, 0.15) is 60.1 Å². The number of carbonyl (C=O) groups is 1. The summed E-state index contributed by atoms with van der Waals surface area (Å²) in [5.41, 5.74) is 8.60. The molecule has 1 aliphatic heterocycles. The lowest BCUT2D eigenvalue weighted by Crippen LogP contribution is -2.49. The van der Waals surface area contributed by atoms with E-state index in [9.17, 15) is 4.79 Å². The molecule has 0 spiro atoms. The molecule has 0 atom stereocenters. The van der Waals surface area contributed by atoms with Gasteiger partial charge in [-0.1, -0.05) is 42.4 Å². The monoisotopic (exact) mass is 420 g/mol. The van der Waals surface area contributed by atoms with Crippen molar-refractivity contribution in [2.45, 2.75) is 59.1 Å². The zero-order chi connectivity index (χ0) is 21.8. The summed E-state index contributed by atoms with van der Waals surface area (Å²) < 4.78 is 0. The lowest BCUT2D eigenvalue weighted by molar-refractivity contribution is -0.147. The van der Waals surface area contributed by atoms with Crippen molar-refractivity contribution in [2.75, 3.05) is 13.1 Å². The molecule has 1 fully saturated rings. The molecule has 0 saturated carbocycles. The highest BCUT2D eigenvalue weighted by molar-refractivity contribution is 5.98. The number of fused-ring (bicyclic) bond motifs is 1. The second-order valence-electron chi connectivity index (χ2n) is 8.83. The van der Waals surface area contributed by atoms with Gasteiger partial charge in [0.15, 0.2) is 0 Å². The zero-order valence-corrected chi connectivity index (χ0v) is 18.6. The Hall–Kier alpha value is -2.66. The SMILES string of the molecule is CCc1cc(C(C)=NOCc2ccc3c(c2)CCCC3)ccc1CN1CC(C(=O)O)C1. The molecule has 2 aliphatic rings. The Labute approximate surface area is 184 Å². The Bertz CT molecular complexity index is 977. The third-order valence-corrected chi connectivity index (χ3v) is 6.55. The first kappa shape index (κ1) is 21.6. The summed E-state index contributed by atoms with van der Waals surface area (Å²) in [7, 11) is 0. The molecule has 1 aliphatic carbocycles. The van der Waals surface area contributed by atoms with Crippen LogP contribution in [0.15, 0.2) is 41.6 Å². The Balaban J connectivity index is 1.36. The number of aliphatic carboxylic acids is 1. The van der Waals surface area contributed by atoms with Crippen molar-refractivity contribution in [3.05, 3.63) is 69.8 Å². The summed E-state index contributed by atoms with van der Waals surface area (Å²) in [4.78, 5) is 18.9. The molecule has 31 heavy (non-hydrogen) atoms. The van der Waals surface area contributed by atoms with Crippen LogP contribution in [0.3, 0.4) is 0 Å². The van der Waals surface area contributed by atoms with Gasteiger partial charge >= 0.3 is 5.97 Å². The van der Waals surface area contributed by atoms with E-state index >= 15 is 0 Å². The smallest absolute Gasteiger partial charge is 0.309 e. The van der Waals surface area contributed by atoms with Gasteiger partial charge in [0.1, 0.15) is 6.61 Å². The number of likely N-dealkylation sites (tertiary alicyclic amines) is 1. The summed E-state index contributed by atoms with van der Waals surface area (Å²) in [6.45, 7) is 6.70. The lowest BCUT2D eigenvalue weighted by atomic mass is 9.90. The molecule has 2 aromatic carbocycles. The Kier molecular flexibility index (Phi) is 6.71. The number of carboxylic acid groups (broad SMARTS) is 1. The lowest BCUT2D eigenvalue weighted by Gasteiger charge is -2.37. The number of benzene rings is 2. The first-order chi connectivity index (χ1) is 15.0. The normalized spacial score (nSPS) is 17.2. The average molecular weight is 421 g/mol. The van der Waals surface area contributed by atoms with Gasteiger partial charge in [-0.2, -0.15) is 0 Å². The third-order valence-electron chi connectivity index (χ3n) is 6.55. The predicted octanol–water partition coefficient (Wildman–Crippen LogP) is 4.59. The molecular formula is C26H32N2O3. The largest absolute Gasteiger partial charge is 0.481 e. The van der Waals surface area contributed by atoms with E-state index in [1.165, 1.54) is 53.5 Å². The van der Waals surface area contributed by atoms with E-state index in [4.69, 9.17) is 9.94 Å². The maximum atomic E-state index is 11.0. The van der Waals surface area contributed by atoms with Gasteiger partial charge in [-0.15, -0.1) is 0 Å². The summed E-state index contributed by atoms with van der Waals surface area (Å²) in [6, 6.07) is 13.1. The number of oxime groups is 1. The predicted molar refractivity (Wildman–Crippen MR) is 122 cm³/mol. The molecule has 0 bridgehead atoms. The minimum absolute atomic E-state index is 0.217. The molecule has 2 aromatic rings. The van der Waals surface area contributed by atoms with E-state index in [1.54, 1.807) is 0 Å². The average Bonchev–Trinajstić information content (AvgIpc) is 2.75. The highest BCUT2D eigenvalue weighted by atomic mass is 16.6. The van der Waals surface area contributed by atoms with E-state index in [0.29, 0.717) is 19.7 Å². The van der Waals surface area contributed by atoms with Crippen molar-refractivity contribution in [3.8, 4) is 0 Å². The quantitative estimate of drug-likeness (QED) is 0.501. The number of aryl methyl sites for hydroxylation is 3. The maximum Gasteiger partial charge on any atom is 0.309 e. The minimum atomic E-state index is -0.690. The van der Waals surface area contributed by atoms with Gasteiger partial charge in [0.25, 0.3) is 0 Å². The Morgan fingerprint density at radius 3 is 2.61 bits per heavy atom. The number of hydrogen-bond acceptors (Lipinski definition) is 4. The van der Waals surface area contributed by atoms with Gasteiger partial charge < -0.3 is 9.94 Å². The van der Waals surface area contributed by atoms with Crippen molar-refractivity contribution in [2.24, 2.45) is 11.1 Å². The van der Waals surface area contributed by atoms with Crippen molar-refractivity contribution in [3.63, 3.8) is 0 Å². The van der Waals surface area contributed by atoms with Gasteiger partial charge in [-0.25, -0.2) is 0 Å². The summed E-state index contributed by atoms with van der Waals surface area (Å²) in [6.07, 6.45) is 5.88. The van der Waals surface area contributed by atoms with E-state index in [-0.39, 0.29) is 5.92 Å². The van der Waals surface area contributed by atoms with Crippen LogP contribution in [0.25, 0.3) is 0 Å². The fourth-order valence-corrected chi connectivity index (χ4v) is 4.56. The van der Waals surface area contributed by atoms with Crippen LogP contribution in [0.4, 0.5) is 0 Å². The first-order valence-corrected chi connectivity index (χ1v) is 11.4. The topological polar surface area (TPSA) is 62.1 Å². The standard InChI is InChI=1S/C26H32N2O3/c1-3-20-13-22(10-11-24(20)14-28-15-25(16-28)26(29)30)18(2)27-31-17-19-8-9-21-6-4-5-7-23(21)12-19/h8-13,25H,3-7,14-17H2,1-2H3,(H,29,30). The molecule has 0 amide bonds. The Morgan fingerprint density at radius 2 is 1.87 bits per heavy atom. The van der Waals surface area contributed by atoms with Crippen LogP contribution in [-0.4, -0.2) is 34.8 Å². The molecular weight excluding hydrogens is 388 g/mol. The summed E-state index contributed by atoms with van der Waals surface area (Å²) in [5.74, 6) is -0.907. The van der Waals surface area contributed by atoms with Crippen LogP contribution in [0, 0.1) is 5.92 Å². The Morgan fingerprint density at radius 1 is 1.10 bits per heavy atom. The molecule has 1 saturated heterocycles. The van der Waals surface area contributed by atoms with E-state index < -0.39 is 5.97 Å². The van der Waals surface area contributed by atoms with Crippen molar-refractivity contribution < 1.29 is 14.7 Å². The molecule has 0 unspecified atom stereocenters. The number of carboxylic acids is 1. The highest BCUT2D eigenvalue weighted by Gasteiger charge is 2.32. The first-order valence-electron chi connectivity index (χ1n) is 11.4. The van der Waals surface area contributed by atoms with Gasteiger partial charge in [0, 0.05) is 19.6 Å². The third kappa shape index (κ3) is 5.16. The molecule has 1 N–H and O–H groups in total. The number of hydrogen-bond donors (Lipinski definition) is 1. The molecule has 164 valence electrons. The van der Waals surface area contributed by atoms with Crippen molar-refractivity contribution in [1.29, 1.82) is 0 Å². The zero-order valence-electron chi connectivity index (χ0n) is 18.6. The molecule has 4 rings (SSSR count). The minimum Gasteiger partial charge on any atom is -0.481 e. The van der Waals surface area contributed by atoms with Crippen LogP contribution < -0.4 is 0 Å². The molecule has 5 heteroatoms. The molecule has 0 aromatic heterocycles. The van der Waals surface area contributed by atoms with Crippen molar-refractivity contribution in [1.82, 2.24) is 4.90 Å².